The minimum absolute atomic E-state index is 0.406. The molecule has 0 bridgehead atoms. The van der Waals surface area contributed by atoms with Gasteiger partial charge in [-0.05, 0) is 20.8 Å². The second-order valence-corrected chi connectivity index (χ2v) is 5.85. The number of rotatable bonds is 1. The van der Waals surface area contributed by atoms with Crippen LogP contribution in [0.5, 0.6) is 0 Å². The van der Waals surface area contributed by atoms with Crippen molar-refractivity contribution in [3.8, 4) is 0 Å². The van der Waals surface area contributed by atoms with Crippen molar-refractivity contribution in [1.29, 1.82) is 0 Å². The summed E-state index contributed by atoms with van der Waals surface area (Å²) in [6.07, 6.45) is 0. The molecule has 0 spiro atoms. The van der Waals surface area contributed by atoms with Gasteiger partial charge >= 0.3 is 0 Å². The molecule has 5 heteroatoms. The highest BCUT2D eigenvalue weighted by atomic mass is 35.6. The van der Waals surface area contributed by atoms with Gasteiger partial charge in [0, 0.05) is 0 Å². The SMILES string of the molecule is CC(C)(C)OC(Cl)C(Cl)(Cl)Cl. The Hall–Kier alpha value is 1.12. The van der Waals surface area contributed by atoms with Gasteiger partial charge in [0.25, 0.3) is 0 Å². The van der Waals surface area contributed by atoms with Crippen LogP contribution in [-0.2, 0) is 4.74 Å². The van der Waals surface area contributed by atoms with Crippen molar-refractivity contribution in [2.75, 3.05) is 0 Å². The van der Waals surface area contributed by atoms with Crippen LogP contribution in [0, 0.1) is 0 Å². The summed E-state index contributed by atoms with van der Waals surface area (Å²) in [5.74, 6) is 0. The molecular weight excluding hydrogens is 230 g/mol. The first-order chi connectivity index (χ1) is 4.63. The van der Waals surface area contributed by atoms with Gasteiger partial charge in [-0.25, -0.2) is 0 Å². The molecule has 0 aromatic rings. The van der Waals surface area contributed by atoms with E-state index < -0.39 is 15.0 Å². The molecule has 0 radical (unpaired) electrons. The Labute approximate surface area is 86.9 Å². The van der Waals surface area contributed by atoms with Crippen LogP contribution in [0.15, 0.2) is 0 Å². The van der Waals surface area contributed by atoms with E-state index >= 15 is 0 Å². The van der Waals surface area contributed by atoms with Gasteiger partial charge < -0.3 is 4.74 Å². The predicted octanol–water partition coefficient (Wildman–Crippen LogP) is 3.74. The van der Waals surface area contributed by atoms with E-state index in [9.17, 15) is 0 Å². The van der Waals surface area contributed by atoms with Crippen LogP contribution in [0.25, 0.3) is 0 Å². The van der Waals surface area contributed by atoms with Crippen molar-refractivity contribution in [2.24, 2.45) is 0 Å². The molecular formula is C6H10Cl4O. The standard InChI is InChI=1S/C6H10Cl4O/c1-5(2,3)11-4(7)6(8,9)10/h4H,1-3H3. The molecule has 68 valence electrons. The normalized spacial score (nSPS) is 16.6. The smallest absolute Gasteiger partial charge is 0.230 e. The highest BCUT2D eigenvalue weighted by Crippen LogP contribution is 2.36. The molecule has 0 saturated carbocycles. The fourth-order valence-electron chi connectivity index (χ4n) is 0.377. The van der Waals surface area contributed by atoms with E-state index in [0.717, 1.165) is 0 Å². The lowest BCUT2D eigenvalue weighted by atomic mass is 10.2. The first-order valence-electron chi connectivity index (χ1n) is 3.01. The quantitative estimate of drug-likeness (QED) is 0.634. The number of hydrogen-bond donors (Lipinski definition) is 0. The maximum Gasteiger partial charge on any atom is 0.230 e. The molecule has 1 nitrogen and oxygen atoms in total. The van der Waals surface area contributed by atoms with E-state index in [1.165, 1.54) is 0 Å². The minimum Gasteiger partial charge on any atom is -0.352 e. The molecule has 0 rings (SSSR count). The topological polar surface area (TPSA) is 9.23 Å². The van der Waals surface area contributed by atoms with Gasteiger partial charge in [0.1, 0.15) is 0 Å². The van der Waals surface area contributed by atoms with Gasteiger partial charge in [0.05, 0.1) is 5.60 Å². The maximum absolute atomic E-state index is 5.62. The van der Waals surface area contributed by atoms with E-state index in [1.807, 2.05) is 20.8 Å². The molecule has 0 aromatic carbocycles. The van der Waals surface area contributed by atoms with Crippen molar-refractivity contribution in [3.05, 3.63) is 0 Å². The third kappa shape index (κ3) is 6.30. The van der Waals surface area contributed by atoms with E-state index in [0.29, 0.717) is 0 Å². The van der Waals surface area contributed by atoms with Gasteiger partial charge in [-0.1, -0.05) is 46.4 Å². The monoisotopic (exact) mass is 238 g/mol. The molecule has 0 aliphatic rings. The zero-order chi connectivity index (χ0) is 9.28. The van der Waals surface area contributed by atoms with Gasteiger partial charge in [-0.2, -0.15) is 0 Å². The average Bonchev–Trinajstić information content (AvgIpc) is 1.56. The highest BCUT2D eigenvalue weighted by molar-refractivity contribution is 6.70. The Bertz CT molecular complexity index is 124. The molecule has 1 atom stereocenters. The molecule has 0 heterocycles. The second kappa shape index (κ2) is 3.89. The summed E-state index contributed by atoms with van der Waals surface area (Å²) in [6.45, 7) is 5.50. The molecule has 0 N–H and O–H groups in total. The molecule has 0 aromatic heterocycles. The van der Waals surface area contributed by atoms with E-state index in [2.05, 4.69) is 0 Å². The number of halogens is 4. The number of hydrogen-bond acceptors (Lipinski definition) is 1. The largest absolute Gasteiger partial charge is 0.352 e. The predicted molar refractivity (Wildman–Crippen MR) is 50.8 cm³/mol. The third-order valence-electron chi connectivity index (χ3n) is 0.714. The first-order valence-corrected chi connectivity index (χ1v) is 4.58. The van der Waals surface area contributed by atoms with Crippen LogP contribution in [0.2, 0.25) is 0 Å². The van der Waals surface area contributed by atoms with Crippen LogP contribution in [-0.4, -0.2) is 15.0 Å². The molecule has 0 fully saturated rings. The van der Waals surface area contributed by atoms with Crippen LogP contribution in [0.4, 0.5) is 0 Å². The van der Waals surface area contributed by atoms with E-state index in [-0.39, 0.29) is 0 Å². The van der Waals surface area contributed by atoms with Crippen molar-refractivity contribution >= 4 is 46.4 Å². The first kappa shape index (κ1) is 12.1. The summed E-state index contributed by atoms with van der Waals surface area (Å²) in [6, 6.07) is 0. The number of alkyl halides is 4. The van der Waals surface area contributed by atoms with Crippen LogP contribution >= 0.6 is 46.4 Å². The highest BCUT2D eigenvalue weighted by Gasteiger charge is 2.34. The Morgan fingerprint density at radius 1 is 1.09 bits per heavy atom. The van der Waals surface area contributed by atoms with Gasteiger partial charge in [0.2, 0.25) is 3.79 Å². The molecule has 0 saturated heterocycles. The lowest BCUT2D eigenvalue weighted by Crippen LogP contribution is -2.32. The van der Waals surface area contributed by atoms with Gasteiger partial charge in [-0.15, -0.1) is 0 Å². The zero-order valence-electron chi connectivity index (χ0n) is 6.50. The Morgan fingerprint density at radius 2 is 1.45 bits per heavy atom. The minimum atomic E-state index is -1.57. The lowest BCUT2D eigenvalue weighted by molar-refractivity contribution is -0.0208. The molecule has 11 heavy (non-hydrogen) atoms. The molecule has 0 aliphatic heterocycles. The summed E-state index contributed by atoms with van der Waals surface area (Å²) in [4.78, 5) is 0. The second-order valence-electron chi connectivity index (χ2n) is 3.09. The molecule has 1 unspecified atom stereocenters. The average molecular weight is 240 g/mol. The summed E-state index contributed by atoms with van der Waals surface area (Å²) >= 11 is 22.0. The van der Waals surface area contributed by atoms with E-state index in [1.54, 1.807) is 0 Å². The summed E-state index contributed by atoms with van der Waals surface area (Å²) in [5.41, 5.74) is -1.33. The zero-order valence-corrected chi connectivity index (χ0v) is 9.52. The van der Waals surface area contributed by atoms with Crippen molar-refractivity contribution in [3.63, 3.8) is 0 Å². The number of ether oxygens (including phenoxy) is 1. The van der Waals surface area contributed by atoms with E-state index in [4.69, 9.17) is 51.1 Å². The molecule has 0 amide bonds. The van der Waals surface area contributed by atoms with Crippen LogP contribution < -0.4 is 0 Å². The lowest BCUT2D eigenvalue weighted by Gasteiger charge is -2.27. The molecule has 0 aliphatic carbocycles. The fraction of sp³-hybridized carbons (Fsp3) is 1.00. The fourth-order valence-corrected chi connectivity index (χ4v) is 0.778. The Morgan fingerprint density at radius 3 is 1.55 bits per heavy atom. The van der Waals surface area contributed by atoms with Crippen molar-refractivity contribution in [2.45, 2.75) is 35.7 Å². The maximum atomic E-state index is 5.62. The Kier molecular flexibility index (Phi) is 4.28. The third-order valence-corrected chi connectivity index (χ3v) is 2.06. The summed E-state index contributed by atoms with van der Waals surface area (Å²) < 4.78 is 3.60. The van der Waals surface area contributed by atoms with Gasteiger partial charge in [-0.3, -0.25) is 0 Å². The van der Waals surface area contributed by atoms with Crippen molar-refractivity contribution in [1.82, 2.24) is 0 Å². The van der Waals surface area contributed by atoms with Crippen LogP contribution in [0.3, 0.4) is 0 Å². The summed E-state index contributed by atoms with van der Waals surface area (Å²) in [7, 11) is 0. The van der Waals surface area contributed by atoms with Crippen LogP contribution in [0.1, 0.15) is 20.8 Å². The van der Waals surface area contributed by atoms with Crippen molar-refractivity contribution < 1.29 is 4.74 Å². The Balaban J connectivity index is 3.99. The van der Waals surface area contributed by atoms with Gasteiger partial charge in [0.15, 0.2) is 5.56 Å². The summed E-state index contributed by atoms with van der Waals surface area (Å²) in [5, 5.41) is 0.